The van der Waals surface area contributed by atoms with E-state index < -0.39 is 18.2 Å². The van der Waals surface area contributed by atoms with Gasteiger partial charge in [-0.2, -0.15) is 13.2 Å². The molecule has 1 aromatic carbocycles. The Bertz CT molecular complexity index is 292. The predicted octanol–water partition coefficient (Wildman–Crippen LogP) is 2.79. The molecular formula is C11H13F3O. The number of rotatable bonds is 3. The van der Waals surface area contributed by atoms with E-state index in [9.17, 15) is 13.2 Å². The first kappa shape index (κ1) is 12.0. The lowest BCUT2D eigenvalue weighted by Gasteiger charge is -2.22. The van der Waals surface area contributed by atoms with E-state index in [2.05, 4.69) is 0 Å². The third kappa shape index (κ3) is 3.55. The molecule has 0 fully saturated rings. The van der Waals surface area contributed by atoms with E-state index in [1.807, 2.05) is 0 Å². The van der Waals surface area contributed by atoms with Crippen LogP contribution in [0.5, 0.6) is 0 Å². The van der Waals surface area contributed by atoms with Gasteiger partial charge in [0, 0.05) is 0 Å². The minimum Gasteiger partial charge on any atom is -0.393 e. The van der Waals surface area contributed by atoms with Crippen LogP contribution in [-0.2, 0) is 6.42 Å². The second kappa shape index (κ2) is 4.66. The molecule has 0 aliphatic rings. The summed E-state index contributed by atoms with van der Waals surface area (Å²) in [4.78, 5) is 0. The van der Waals surface area contributed by atoms with Crippen molar-refractivity contribution >= 4 is 0 Å². The van der Waals surface area contributed by atoms with Gasteiger partial charge in [0.15, 0.2) is 0 Å². The molecule has 0 radical (unpaired) electrons. The van der Waals surface area contributed by atoms with Crippen LogP contribution >= 0.6 is 0 Å². The van der Waals surface area contributed by atoms with Gasteiger partial charge in [0.2, 0.25) is 0 Å². The standard InChI is InChI=1S/C11H13F3O/c1-8(15)10(11(12,13)14)7-9-5-3-2-4-6-9/h2-6,8,10,15H,7H2,1H3. The van der Waals surface area contributed by atoms with Crippen LogP contribution in [0.3, 0.4) is 0 Å². The average molecular weight is 218 g/mol. The van der Waals surface area contributed by atoms with Gasteiger partial charge >= 0.3 is 6.18 Å². The van der Waals surface area contributed by atoms with Crippen molar-refractivity contribution in [1.29, 1.82) is 0 Å². The first-order valence-electron chi connectivity index (χ1n) is 4.70. The predicted molar refractivity (Wildman–Crippen MR) is 51.4 cm³/mol. The molecular weight excluding hydrogens is 205 g/mol. The Balaban J connectivity index is 2.77. The minimum atomic E-state index is -4.36. The molecule has 1 rings (SSSR count). The van der Waals surface area contributed by atoms with E-state index in [0.29, 0.717) is 5.56 Å². The van der Waals surface area contributed by atoms with Gasteiger partial charge in [0.05, 0.1) is 12.0 Å². The van der Waals surface area contributed by atoms with E-state index >= 15 is 0 Å². The molecule has 0 saturated heterocycles. The Labute approximate surface area is 86.5 Å². The SMILES string of the molecule is CC(O)C(Cc1ccccc1)C(F)(F)F. The van der Waals surface area contributed by atoms with Crippen molar-refractivity contribution in [2.24, 2.45) is 5.92 Å². The van der Waals surface area contributed by atoms with E-state index in [4.69, 9.17) is 5.11 Å². The third-order valence-corrected chi connectivity index (χ3v) is 2.30. The van der Waals surface area contributed by atoms with Crippen LogP contribution in [0.1, 0.15) is 12.5 Å². The maximum absolute atomic E-state index is 12.5. The quantitative estimate of drug-likeness (QED) is 0.827. The molecule has 0 bridgehead atoms. The highest BCUT2D eigenvalue weighted by Gasteiger charge is 2.42. The fourth-order valence-corrected chi connectivity index (χ4v) is 1.43. The van der Waals surface area contributed by atoms with Crippen LogP contribution in [0.4, 0.5) is 13.2 Å². The minimum absolute atomic E-state index is 0.179. The lowest BCUT2D eigenvalue weighted by atomic mass is 9.94. The summed E-state index contributed by atoms with van der Waals surface area (Å²) in [5.74, 6) is -1.69. The Morgan fingerprint density at radius 3 is 2.13 bits per heavy atom. The van der Waals surface area contributed by atoms with Crippen molar-refractivity contribution in [3.63, 3.8) is 0 Å². The van der Waals surface area contributed by atoms with Gasteiger partial charge in [-0.15, -0.1) is 0 Å². The zero-order chi connectivity index (χ0) is 11.5. The van der Waals surface area contributed by atoms with Crippen molar-refractivity contribution in [2.75, 3.05) is 0 Å². The molecule has 0 aliphatic carbocycles. The number of aliphatic hydroxyl groups excluding tert-OH is 1. The van der Waals surface area contributed by atoms with Gasteiger partial charge in [-0.1, -0.05) is 30.3 Å². The number of aliphatic hydroxyl groups is 1. The summed E-state index contributed by atoms with van der Waals surface area (Å²) in [5.41, 5.74) is 0.584. The Morgan fingerprint density at radius 2 is 1.73 bits per heavy atom. The summed E-state index contributed by atoms with van der Waals surface area (Å²) in [6.45, 7) is 1.17. The second-order valence-electron chi connectivity index (χ2n) is 3.58. The summed E-state index contributed by atoms with van der Waals surface area (Å²) < 4.78 is 37.5. The third-order valence-electron chi connectivity index (χ3n) is 2.30. The van der Waals surface area contributed by atoms with Crippen LogP contribution in [0.25, 0.3) is 0 Å². The summed E-state index contributed by atoms with van der Waals surface area (Å²) >= 11 is 0. The molecule has 1 nitrogen and oxygen atoms in total. The smallest absolute Gasteiger partial charge is 0.393 e. The molecule has 0 spiro atoms. The average Bonchev–Trinajstić information content (AvgIpc) is 2.13. The molecule has 0 heterocycles. The summed E-state index contributed by atoms with van der Waals surface area (Å²) in [7, 11) is 0. The number of alkyl halides is 3. The normalized spacial score (nSPS) is 16.1. The second-order valence-corrected chi connectivity index (χ2v) is 3.58. The van der Waals surface area contributed by atoms with E-state index in [1.54, 1.807) is 30.3 Å². The van der Waals surface area contributed by atoms with Crippen molar-refractivity contribution in [2.45, 2.75) is 25.6 Å². The highest BCUT2D eigenvalue weighted by atomic mass is 19.4. The van der Waals surface area contributed by atoms with Crippen molar-refractivity contribution in [3.8, 4) is 0 Å². The lowest BCUT2D eigenvalue weighted by Crippen LogP contribution is -2.34. The number of hydrogen-bond acceptors (Lipinski definition) is 1. The van der Waals surface area contributed by atoms with Gasteiger partial charge in [-0.05, 0) is 18.9 Å². The topological polar surface area (TPSA) is 20.2 Å². The first-order valence-corrected chi connectivity index (χ1v) is 4.70. The van der Waals surface area contributed by atoms with Crippen molar-refractivity contribution in [3.05, 3.63) is 35.9 Å². The molecule has 15 heavy (non-hydrogen) atoms. The monoisotopic (exact) mass is 218 g/mol. The lowest BCUT2D eigenvalue weighted by molar-refractivity contribution is -0.196. The van der Waals surface area contributed by atoms with Gasteiger partial charge in [0.25, 0.3) is 0 Å². The zero-order valence-corrected chi connectivity index (χ0v) is 8.33. The van der Waals surface area contributed by atoms with Crippen LogP contribution < -0.4 is 0 Å². The highest BCUT2D eigenvalue weighted by Crippen LogP contribution is 2.31. The Hall–Kier alpha value is -1.03. The maximum atomic E-state index is 12.5. The number of benzene rings is 1. The van der Waals surface area contributed by atoms with Gasteiger partial charge in [0.1, 0.15) is 0 Å². The summed E-state index contributed by atoms with van der Waals surface area (Å²) in [5, 5.41) is 9.09. The summed E-state index contributed by atoms with van der Waals surface area (Å²) in [6.07, 6.45) is -5.92. The Kier molecular flexibility index (Phi) is 3.74. The molecule has 2 unspecified atom stereocenters. The molecule has 0 aromatic heterocycles. The van der Waals surface area contributed by atoms with E-state index in [-0.39, 0.29) is 6.42 Å². The molecule has 0 aliphatic heterocycles. The number of hydrogen-bond donors (Lipinski definition) is 1. The molecule has 0 amide bonds. The Morgan fingerprint density at radius 1 is 1.20 bits per heavy atom. The van der Waals surface area contributed by atoms with Crippen LogP contribution in [0.15, 0.2) is 30.3 Å². The van der Waals surface area contributed by atoms with Gasteiger partial charge in [-0.25, -0.2) is 0 Å². The highest BCUT2D eigenvalue weighted by molar-refractivity contribution is 5.15. The molecule has 1 aromatic rings. The van der Waals surface area contributed by atoms with E-state index in [1.165, 1.54) is 6.92 Å². The van der Waals surface area contributed by atoms with Gasteiger partial charge < -0.3 is 5.11 Å². The molecule has 4 heteroatoms. The fraction of sp³-hybridized carbons (Fsp3) is 0.455. The number of halogens is 3. The first-order chi connectivity index (χ1) is 6.91. The van der Waals surface area contributed by atoms with Crippen molar-refractivity contribution in [1.82, 2.24) is 0 Å². The van der Waals surface area contributed by atoms with Crippen LogP contribution in [0.2, 0.25) is 0 Å². The van der Waals surface area contributed by atoms with Crippen LogP contribution in [0, 0.1) is 5.92 Å². The molecule has 2 atom stereocenters. The van der Waals surface area contributed by atoms with Gasteiger partial charge in [-0.3, -0.25) is 0 Å². The fourth-order valence-electron chi connectivity index (χ4n) is 1.43. The van der Waals surface area contributed by atoms with Crippen molar-refractivity contribution < 1.29 is 18.3 Å². The molecule has 0 saturated carbocycles. The molecule has 1 N–H and O–H groups in total. The zero-order valence-electron chi connectivity index (χ0n) is 8.33. The van der Waals surface area contributed by atoms with E-state index in [0.717, 1.165) is 0 Å². The summed E-state index contributed by atoms with van der Waals surface area (Å²) in [6, 6.07) is 8.37. The largest absolute Gasteiger partial charge is 0.394 e. The molecule has 84 valence electrons. The van der Waals surface area contributed by atoms with Crippen LogP contribution in [-0.4, -0.2) is 17.4 Å². The maximum Gasteiger partial charge on any atom is 0.394 e.